The molecule has 0 aromatic carbocycles. The molecular formula is C10H12NO4P. The molecule has 86 valence electrons. The molecule has 1 aromatic heterocycles. The van der Waals surface area contributed by atoms with E-state index in [2.05, 4.69) is 9.39 Å². The summed E-state index contributed by atoms with van der Waals surface area (Å²) in [4.78, 5) is 22.6. The Balaban J connectivity index is 2.69. The summed E-state index contributed by atoms with van der Waals surface area (Å²) in [5.41, 5.74) is 1.24. The van der Waals surface area contributed by atoms with Gasteiger partial charge in [-0.2, -0.15) is 0 Å². The number of fused-ring (bicyclic) bond motifs is 1. The van der Waals surface area contributed by atoms with Crippen molar-refractivity contribution in [1.29, 1.82) is 0 Å². The lowest BCUT2D eigenvalue weighted by Gasteiger charge is -2.12. The summed E-state index contributed by atoms with van der Waals surface area (Å²) in [5, 5.41) is 9.05. The second-order valence-corrected chi connectivity index (χ2v) is 4.13. The number of hydrogen-bond donors (Lipinski definition) is 1. The van der Waals surface area contributed by atoms with Gasteiger partial charge < -0.3 is 9.84 Å². The van der Waals surface area contributed by atoms with Gasteiger partial charge in [-0.3, -0.25) is 9.13 Å². The molecule has 1 aliphatic rings. The highest BCUT2D eigenvalue weighted by Crippen LogP contribution is 2.19. The van der Waals surface area contributed by atoms with Gasteiger partial charge in [-0.25, -0.2) is 4.79 Å². The van der Waals surface area contributed by atoms with Gasteiger partial charge in [0.15, 0.2) is 0 Å². The van der Waals surface area contributed by atoms with Crippen LogP contribution in [0.1, 0.15) is 21.6 Å². The number of carbonyl (C=O) groups is 1. The molecule has 0 amide bonds. The third kappa shape index (κ3) is 1.88. The summed E-state index contributed by atoms with van der Waals surface area (Å²) in [7, 11) is 2.32. The molecule has 0 fully saturated rings. The van der Waals surface area contributed by atoms with Crippen LogP contribution < -0.4 is 5.56 Å². The largest absolute Gasteiger partial charge is 0.478 e. The van der Waals surface area contributed by atoms with E-state index < -0.39 is 5.97 Å². The summed E-state index contributed by atoms with van der Waals surface area (Å²) in [6.45, 7) is 1.01. The van der Waals surface area contributed by atoms with E-state index in [1.54, 1.807) is 0 Å². The minimum Gasteiger partial charge on any atom is -0.478 e. The molecule has 0 saturated heterocycles. The predicted octanol–water partition coefficient (Wildman–Crippen LogP) is 0.300. The van der Waals surface area contributed by atoms with Crippen LogP contribution in [0.25, 0.3) is 0 Å². The van der Waals surface area contributed by atoms with E-state index in [1.165, 1.54) is 10.4 Å². The molecule has 6 heteroatoms. The van der Waals surface area contributed by atoms with Crippen molar-refractivity contribution in [3.8, 4) is 0 Å². The number of aromatic nitrogens is 1. The lowest BCUT2D eigenvalue weighted by molar-refractivity contribution is 0.0695. The van der Waals surface area contributed by atoms with Crippen molar-refractivity contribution in [2.24, 2.45) is 0 Å². The van der Waals surface area contributed by atoms with Crippen LogP contribution in [0, 0.1) is 0 Å². The second-order valence-electron chi connectivity index (χ2n) is 3.61. The average molecular weight is 241 g/mol. The number of carboxylic acid groups (broad SMARTS) is 1. The monoisotopic (exact) mass is 241 g/mol. The molecule has 1 aromatic rings. The zero-order valence-electron chi connectivity index (χ0n) is 8.60. The SMILES string of the molecule is O=C(O)c1cc(=O)n(P)c2c1CCOCC2. The Morgan fingerprint density at radius 3 is 2.81 bits per heavy atom. The number of ether oxygens (including phenoxy) is 1. The van der Waals surface area contributed by atoms with Crippen molar-refractivity contribution in [2.75, 3.05) is 13.2 Å². The fourth-order valence-corrected chi connectivity index (χ4v) is 2.26. The van der Waals surface area contributed by atoms with E-state index in [-0.39, 0.29) is 11.1 Å². The highest BCUT2D eigenvalue weighted by atomic mass is 31.0. The highest BCUT2D eigenvalue weighted by Gasteiger charge is 2.19. The van der Waals surface area contributed by atoms with Crippen LogP contribution in [0.2, 0.25) is 0 Å². The maximum atomic E-state index is 11.6. The fraction of sp³-hybridized carbons (Fsp3) is 0.400. The van der Waals surface area contributed by atoms with Crippen molar-refractivity contribution in [2.45, 2.75) is 12.8 Å². The number of aromatic carboxylic acids is 1. The molecular weight excluding hydrogens is 229 g/mol. The molecule has 1 atom stereocenters. The first kappa shape index (κ1) is 11.3. The summed E-state index contributed by atoms with van der Waals surface area (Å²) < 4.78 is 6.72. The fourth-order valence-electron chi connectivity index (χ4n) is 1.90. The first-order valence-corrected chi connectivity index (χ1v) is 5.47. The molecule has 1 aliphatic heterocycles. The van der Waals surface area contributed by atoms with Crippen molar-refractivity contribution in [1.82, 2.24) is 4.34 Å². The number of pyridine rings is 1. The number of carboxylic acids is 1. The van der Waals surface area contributed by atoms with Gasteiger partial charge in [-0.05, 0) is 21.4 Å². The number of hydrogen-bond acceptors (Lipinski definition) is 3. The van der Waals surface area contributed by atoms with Crippen molar-refractivity contribution < 1.29 is 14.6 Å². The van der Waals surface area contributed by atoms with Gasteiger partial charge in [0.05, 0.1) is 18.8 Å². The first-order valence-electron chi connectivity index (χ1n) is 4.95. The van der Waals surface area contributed by atoms with Crippen molar-refractivity contribution in [3.63, 3.8) is 0 Å². The molecule has 2 rings (SSSR count). The zero-order valence-corrected chi connectivity index (χ0v) is 9.76. The smallest absolute Gasteiger partial charge is 0.336 e. The van der Waals surface area contributed by atoms with Gasteiger partial charge in [0.1, 0.15) is 0 Å². The Kier molecular flexibility index (Phi) is 3.08. The minimum absolute atomic E-state index is 0.101. The Morgan fingerprint density at radius 2 is 2.12 bits per heavy atom. The Morgan fingerprint density at radius 1 is 1.44 bits per heavy atom. The summed E-state index contributed by atoms with van der Waals surface area (Å²) in [6.07, 6.45) is 1.10. The van der Waals surface area contributed by atoms with Crippen LogP contribution >= 0.6 is 9.39 Å². The van der Waals surface area contributed by atoms with E-state index in [1.807, 2.05) is 0 Å². The summed E-state index contributed by atoms with van der Waals surface area (Å²) in [5.74, 6) is -1.05. The van der Waals surface area contributed by atoms with Crippen molar-refractivity contribution >= 4 is 15.4 Å². The lowest BCUT2D eigenvalue weighted by atomic mass is 10.0. The van der Waals surface area contributed by atoms with E-state index in [0.29, 0.717) is 31.6 Å². The predicted molar refractivity (Wildman–Crippen MR) is 61.0 cm³/mol. The van der Waals surface area contributed by atoms with E-state index in [4.69, 9.17) is 9.84 Å². The third-order valence-corrected chi connectivity index (χ3v) is 3.25. The molecule has 0 aliphatic carbocycles. The molecule has 0 saturated carbocycles. The lowest BCUT2D eigenvalue weighted by Crippen LogP contribution is -2.21. The Labute approximate surface area is 94.3 Å². The minimum atomic E-state index is -1.05. The third-order valence-electron chi connectivity index (χ3n) is 2.68. The molecule has 1 N–H and O–H groups in total. The molecule has 0 spiro atoms. The van der Waals surface area contributed by atoms with Crippen LogP contribution in [-0.4, -0.2) is 28.6 Å². The Hall–Kier alpha value is -1.19. The van der Waals surface area contributed by atoms with Gasteiger partial charge in [0.25, 0.3) is 5.56 Å². The van der Waals surface area contributed by atoms with Gasteiger partial charge in [0.2, 0.25) is 0 Å². The maximum Gasteiger partial charge on any atom is 0.336 e. The number of rotatable bonds is 1. The second kappa shape index (κ2) is 4.36. The van der Waals surface area contributed by atoms with Crippen LogP contribution in [0.15, 0.2) is 10.9 Å². The molecule has 16 heavy (non-hydrogen) atoms. The molecule has 0 bridgehead atoms. The number of nitrogens with zero attached hydrogens (tertiary/aromatic N) is 1. The highest BCUT2D eigenvalue weighted by molar-refractivity contribution is 7.14. The molecule has 2 heterocycles. The molecule has 1 unspecified atom stereocenters. The van der Waals surface area contributed by atoms with Gasteiger partial charge in [-0.15, -0.1) is 0 Å². The van der Waals surface area contributed by atoms with E-state index in [9.17, 15) is 9.59 Å². The quantitative estimate of drug-likeness (QED) is 0.718. The maximum absolute atomic E-state index is 11.6. The summed E-state index contributed by atoms with van der Waals surface area (Å²) in [6, 6.07) is 1.17. The summed E-state index contributed by atoms with van der Waals surface area (Å²) >= 11 is 0. The van der Waals surface area contributed by atoms with Crippen LogP contribution in [0.5, 0.6) is 0 Å². The first-order chi connectivity index (χ1) is 7.61. The van der Waals surface area contributed by atoms with Crippen LogP contribution in [0.3, 0.4) is 0 Å². The average Bonchev–Trinajstić information content (AvgIpc) is 2.48. The normalized spacial score (nSPS) is 15.3. The van der Waals surface area contributed by atoms with Gasteiger partial charge in [0, 0.05) is 18.2 Å². The molecule has 5 nitrogen and oxygen atoms in total. The van der Waals surface area contributed by atoms with Crippen LogP contribution in [-0.2, 0) is 17.6 Å². The van der Waals surface area contributed by atoms with Crippen molar-refractivity contribution in [3.05, 3.63) is 33.2 Å². The topological polar surface area (TPSA) is 68.5 Å². The van der Waals surface area contributed by atoms with E-state index in [0.717, 1.165) is 5.69 Å². The standard InChI is InChI=1S/C10H12NO4P/c12-9-5-7(10(13)14)6-1-3-15-4-2-8(6)11(9)16/h5H,1-4,16H2,(H,13,14). The van der Waals surface area contributed by atoms with Gasteiger partial charge >= 0.3 is 5.97 Å². The van der Waals surface area contributed by atoms with Gasteiger partial charge in [-0.1, -0.05) is 0 Å². The zero-order chi connectivity index (χ0) is 11.7. The molecule has 0 radical (unpaired) electrons. The van der Waals surface area contributed by atoms with Crippen LogP contribution in [0.4, 0.5) is 0 Å². The Bertz CT molecular complexity index is 494. The van der Waals surface area contributed by atoms with E-state index >= 15 is 0 Å².